The summed E-state index contributed by atoms with van der Waals surface area (Å²) in [6, 6.07) is 0. The van der Waals surface area contributed by atoms with Crippen molar-refractivity contribution in [1.82, 2.24) is 0 Å². The molecule has 3 atom stereocenters. The molecule has 1 aliphatic rings. The molecule has 0 aromatic rings. The molecule has 0 amide bonds. The maximum atomic E-state index is 9.13. The van der Waals surface area contributed by atoms with Crippen molar-refractivity contribution in [2.24, 2.45) is 0 Å². The standard InChI is InChI=1S/C6H12O4/c1-9-3-5-4(7)2-6(8)10-5/h4-8H,2-3H2,1H3/t4-,5-,6?/m1/s1. The first-order valence-electron chi connectivity index (χ1n) is 3.24. The van der Waals surface area contributed by atoms with Gasteiger partial charge in [0.05, 0.1) is 12.7 Å². The molecule has 0 spiro atoms. The Hall–Kier alpha value is -0.160. The molecule has 4 heteroatoms. The van der Waals surface area contributed by atoms with Gasteiger partial charge in [-0.1, -0.05) is 0 Å². The third kappa shape index (κ3) is 1.67. The molecule has 0 aliphatic carbocycles. The zero-order valence-corrected chi connectivity index (χ0v) is 5.86. The molecule has 0 saturated carbocycles. The van der Waals surface area contributed by atoms with Crippen molar-refractivity contribution < 1.29 is 19.7 Å². The smallest absolute Gasteiger partial charge is 0.157 e. The van der Waals surface area contributed by atoms with Crippen molar-refractivity contribution in [3.05, 3.63) is 0 Å². The monoisotopic (exact) mass is 148 g/mol. The summed E-state index contributed by atoms with van der Waals surface area (Å²) >= 11 is 0. The first-order valence-corrected chi connectivity index (χ1v) is 3.24. The number of hydrogen-bond acceptors (Lipinski definition) is 4. The normalized spacial score (nSPS) is 40.5. The molecular formula is C6H12O4. The third-order valence-corrected chi connectivity index (χ3v) is 1.54. The molecule has 60 valence electrons. The molecule has 2 N–H and O–H groups in total. The van der Waals surface area contributed by atoms with Gasteiger partial charge in [0.25, 0.3) is 0 Å². The maximum absolute atomic E-state index is 9.13. The topological polar surface area (TPSA) is 58.9 Å². The van der Waals surface area contributed by atoms with Crippen LogP contribution in [0.15, 0.2) is 0 Å². The molecule has 0 aromatic heterocycles. The van der Waals surface area contributed by atoms with E-state index in [1.807, 2.05) is 0 Å². The first kappa shape index (κ1) is 7.94. The first-order chi connectivity index (χ1) is 4.74. The van der Waals surface area contributed by atoms with Gasteiger partial charge in [0, 0.05) is 13.5 Å². The molecular weight excluding hydrogens is 136 g/mol. The summed E-state index contributed by atoms with van der Waals surface area (Å²) in [7, 11) is 1.53. The highest BCUT2D eigenvalue weighted by atomic mass is 16.6. The number of aliphatic hydroxyl groups excluding tert-OH is 2. The fourth-order valence-corrected chi connectivity index (χ4v) is 1.02. The Kier molecular flexibility index (Phi) is 2.62. The van der Waals surface area contributed by atoms with E-state index in [0.29, 0.717) is 6.61 Å². The average molecular weight is 148 g/mol. The maximum Gasteiger partial charge on any atom is 0.157 e. The van der Waals surface area contributed by atoms with Crippen molar-refractivity contribution in [2.75, 3.05) is 13.7 Å². The molecule has 1 rings (SSSR count). The minimum absolute atomic E-state index is 0.286. The summed E-state index contributed by atoms with van der Waals surface area (Å²) in [5, 5.41) is 18.0. The highest BCUT2D eigenvalue weighted by Crippen LogP contribution is 2.18. The van der Waals surface area contributed by atoms with Crippen LogP contribution in [-0.2, 0) is 9.47 Å². The summed E-state index contributed by atoms with van der Waals surface area (Å²) < 4.78 is 9.64. The number of rotatable bonds is 2. The fraction of sp³-hybridized carbons (Fsp3) is 1.00. The predicted molar refractivity (Wildman–Crippen MR) is 33.4 cm³/mol. The second kappa shape index (κ2) is 3.30. The van der Waals surface area contributed by atoms with Crippen LogP contribution < -0.4 is 0 Å². The van der Waals surface area contributed by atoms with Crippen molar-refractivity contribution in [1.29, 1.82) is 0 Å². The Labute approximate surface area is 59.4 Å². The van der Waals surface area contributed by atoms with Gasteiger partial charge < -0.3 is 19.7 Å². The summed E-state index contributed by atoms with van der Waals surface area (Å²) in [5.74, 6) is 0. The van der Waals surface area contributed by atoms with E-state index in [0.717, 1.165) is 0 Å². The van der Waals surface area contributed by atoms with Gasteiger partial charge in [-0.3, -0.25) is 0 Å². The van der Waals surface area contributed by atoms with Crippen LogP contribution in [0.2, 0.25) is 0 Å². The molecule has 1 saturated heterocycles. The number of ether oxygens (including phenoxy) is 2. The molecule has 1 unspecified atom stereocenters. The second-order valence-electron chi connectivity index (χ2n) is 2.39. The SMILES string of the molecule is COC[C@H]1OC(O)C[C@H]1O. The van der Waals surface area contributed by atoms with Gasteiger partial charge >= 0.3 is 0 Å². The van der Waals surface area contributed by atoms with Gasteiger partial charge in [0.1, 0.15) is 6.10 Å². The predicted octanol–water partition coefficient (Wildman–Crippen LogP) is -0.899. The summed E-state index contributed by atoms with van der Waals surface area (Å²) in [6.07, 6.45) is -1.49. The van der Waals surface area contributed by atoms with Crippen molar-refractivity contribution in [3.8, 4) is 0 Å². The van der Waals surface area contributed by atoms with E-state index in [9.17, 15) is 0 Å². The molecule has 1 aliphatic heterocycles. The largest absolute Gasteiger partial charge is 0.390 e. The Morgan fingerprint density at radius 2 is 2.30 bits per heavy atom. The number of hydrogen-bond donors (Lipinski definition) is 2. The summed E-state index contributed by atoms with van der Waals surface area (Å²) in [5.41, 5.74) is 0. The van der Waals surface area contributed by atoms with E-state index in [4.69, 9.17) is 19.7 Å². The lowest BCUT2D eigenvalue weighted by molar-refractivity contribution is -0.111. The zero-order chi connectivity index (χ0) is 7.56. The Morgan fingerprint density at radius 1 is 1.60 bits per heavy atom. The van der Waals surface area contributed by atoms with Crippen LogP contribution in [0.1, 0.15) is 6.42 Å². The Bertz CT molecular complexity index is 106. The highest BCUT2D eigenvalue weighted by Gasteiger charge is 2.32. The molecule has 1 fully saturated rings. The van der Waals surface area contributed by atoms with Crippen LogP contribution >= 0.6 is 0 Å². The average Bonchev–Trinajstić information content (AvgIpc) is 2.13. The second-order valence-corrected chi connectivity index (χ2v) is 2.39. The van der Waals surface area contributed by atoms with Crippen molar-refractivity contribution >= 4 is 0 Å². The van der Waals surface area contributed by atoms with Crippen LogP contribution in [0.3, 0.4) is 0 Å². The highest BCUT2D eigenvalue weighted by molar-refractivity contribution is 4.76. The molecule has 0 bridgehead atoms. The van der Waals surface area contributed by atoms with Crippen LogP contribution in [-0.4, -0.2) is 42.4 Å². The van der Waals surface area contributed by atoms with Crippen molar-refractivity contribution in [2.45, 2.75) is 24.9 Å². The number of methoxy groups -OCH3 is 1. The summed E-state index contributed by atoms with van der Waals surface area (Å²) in [4.78, 5) is 0. The Balaban J connectivity index is 2.31. The van der Waals surface area contributed by atoms with E-state index in [1.165, 1.54) is 7.11 Å². The molecule has 0 aromatic carbocycles. The van der Waals surface area contributed by atoms with Gasteiger partial charge in [-0.15, -0.1) is 0 Å². The third-order valence-electron chi connectivity index (χ3n) is 1.54. The van der Waals surface area contributed by atoms with E-state index in [1.54, 1.807) is 0 Å². The lowest BCUT2D eigenvalue weighted by Gasteiger charge is -2.11. The van der Waals surface area contributed by atoms with E-state index >= 15 is 0 Å². The van der Waals surface area contributed by atoms with Crippen LogP contribution in [0, 0.1) is 0 Å². The van der Waals surface area contributed by atoms with Crippen molar-refractivity contribution in [3.63, 3.8) is 0 Å². The quantitative estimate of drug-likeness (QED) is 0.533. The van der Waals surface area contributed by atoms with Crippen LogP contribution in [0.25, 0.3) is 0 Å². The van der Waals surface area contributed by atoms with E-state index in [2.05, 4.69) is 0 Å². The van der Waals surface area contributed by atoms with Gasteiger partial charge in [0.2, 0.25) is 0 Å². The van der Waals surface area contributed by atoms with Gasteiger partial charge in [-0.2, -0.15) is 0 Å². The zero-order valence-electron chi connectivity index (χ0n) is 5.86. The minimum atomic E-state index is -0.824. The lowest BCUT2D eigenvalue weighted by Crippen LogP contribution is -2.25. The van der Waals surface area contributed by atoms with Crippen LogP contribution in [0.4, 0.5) is 0 Å². The summed E-state index contributed by atoms with van der Waals surface area (Å²) in [6.45, 7) is 0.332. The molecule has 1 heterocycles. The molecule has 0 radical (unpaired) electrons. The fourth-order valence-electron chi connectivity index (χ4n) is 1.02. The Morgan fingerprint density at radius 3 is 2.70 bits per heavy atom. The van der Waals surface area contributed by atoms with Crippen LogP contribution in [0.5, 0.6) is 0 Å². The minimum Gasteiger partial charge on any atom is -0.390 e. The van der Waals surface area contributed by atoms with E-state index in [-0.39, 0.29) is 12.5 Å². The lowest BCUT2D eigenvalue weighted by atomic mass is 10.2. The van der Waals surface area contributed by atoms with E-state index < -0.39 is 12.4 Å². The number of aliphatic hydroxyl groups is 2. The molecule has 4 nitrogen and oxygen atoms in total. The van der Waals surface area contributed by atoms with Gasteiger partial charge in [-0.25, -0.2) is 0 Å². The molecule has 10 heavy (non-hydrogen) atoms. The van der Waals surface area contributed by atoms with Gasteiger partial charge in [-0.05, 0) is 0 Å². The van der Waals surface area contributed by atoms with Gasteiger partial charge in [0.15, 0.2) is 6.29 Å².